The number of aromatic nitrogens is 2. The van der Waals surface area contributed by atoms with Crippen LogP contribution in [0.1, 0.15) is 28.8 Å². The number of H-pyrrole nitrogens is 1. The van der Waals surface area contributed by atoms with Crippen molar-refractivity contribution >= 4 is 27.5 Å². The maximum Gasteiger partial charge on any atom is 0.272 e. The van der Waals surface area contributed by atoms with Crippen molar-refractivity contribution < 1.29 is 13.6 Å². The average molecular weight is 433 g/mol. The molecule has 1 N–H and O–H groups in total. The Balaban J connectivity index is 1.55. The van der Waals surface area contributed by atoms with E-state index < -0.39 is 5.92 Å². The number of carbonyl (C=O) groups excluding carboxylic acids is 1. The summed E-state index contributed by atoms with van der Waals surface area (Å²) in [5, 5.41) is 9.51. The molecule has 1 aliphatic heterocycles. The van der Waals surface area contributed by atoms with Crippen LogP contribution >= 0.6 is 0 Å². The van der Waals surface area contributed by atoms with Gasteiger partial charge in [-0.3, -0.25) is 9.59 Å². The lowest BCUT2D eigenvalue weighted by Crippen LogP contribution is -2.42. The van der Waals surface area contributed by atoms with Crippen LogP contribution in [0.5, 0.6) is 0 Å². The molecule has 162 valence electrons. The number of fused-ring (bicyclic) bond motifs is 2. The maximum absolute atomic E-state index is 13.5. The number of rotatable bonds is 2. The van der Waals surface area contributed by atoms with E-state index in [0.29, 0.717) is 10.9 Å². The number of amides is 1. The van der Waals surface area contributed by atoms with Crippen LogP contribution in [0.25, 0.3) is 32.7 Å². The van der Waals surface area contributed by atoms with Gasteiger partial charge >= 0.3 is 0 Å². The van der Waals surface area contributed by atoms with Gasteiger partial charge in [-0.1, -0.05) is 24.3 Å². The molecule has 32 heavy (non-hydrogen) atoms. The molecule has 1 aliphatic rings. The molecule has 5 rings (SSSR count). The number of hydrogen-bond donors (Lipinski definition) is 1. The van der Waals surface area contributed by atoms with Crippen molar-refractivity contribution in [1.29, 1.82) is 0 Å². The van der Waals surface area contributed by atoms with Gasteiger partial charge in [0.1, 0.15) is 0 Å². The second kappa shape index (κ2) is 7.51. The third kappa shape index (κ3) is 3.53. The van der Waals surface area contributed by atoms with Gasteiger partial charge in [0.15, 0.2) is 0 Å². The fraction of sp³-hybridized carbons (Fsp3) is 0.240. The number of carbonyl (C=O) groups is 1. The normalized spacial score (nSPS) is 15.9. The first-order valence-electron chi connectivity index (χ1n) is 10.5. The monoisotopic (exact) mass is 433 g/mol. The Morgan fingerprint density at radius 1 is 1.00 bits per heavy atom. The molecule has 1 saturated heterocycles. The molecule has 0 atom stereocenters. The summed E-state index contributed by atoms with van der Waals surface area (Å²) in [6.07, 6.45) is 1.03. The van der Waals surface area contributed by atoms with E-state index in [-0.39, 0.29) is 37.4 Å². The first-order valence-corrected chi connectivity index (χ1v) is 10.5. The van der Waals surface area contributed by atoms with Crippen LogP contribution < -0.4 is 5.56 Å². The Labute approximate surface area is 182 Å². The number of benzene rings is 3. The summed E-state index contributed by atoms with van der Waals surface area (Å²) in [5.74, 6) is -2.91. The highest BCUT2D eigenvalue weighted by Crippen LogP contribution is 2.34. The lowest BCUT2D eigenvalue weighted by molar-refractivity contribution is -0.0494. The zero-order chi connectivity index (χ0) is 22.5. The number of piperidine rings is 1. The molecule has 0 saturated carbocycles. The Hall–Kier alpha value is -3.61. The Bertz CT molecular complexity index is 1420. The minimum Gasteiger partial charge on any atom is -0.338 e. The van der Waals surface area contributed by atoms with E-state index in [1.807, 2.05) is 43.3 Å². The van der Waals surface area contributed by atoms with Crippen molar-refractivity contribution in [2.75, 3.05) is 13.1 Å². The van der Waals surface area contributed by atoms with Gasteiger partial charge in [0, 0.05) is 36.9 Å². The smallest absolute Gasteiger partial charge is 0.272 e. The number of likely N-dealkylation sites (tertiary alicyclic amines) is 1. The molecule has 7 heteroatoms. The second-order valence-electron chi connectivity index (χ2n) is 8.34. The van der Waals surface area contributed by atoms with Crippen LogP contribution in [-0.4, -0.2) is 40.0 Å². The number of aryl methyl sites for hydroxylation is 1. The lowest BCUT2D eigenvalue weighted by atomic mass is 9.92. The fourth-order valence-electron chi connectivity index (χ4n) is 4.43. The van der Waals surface area contributed by atoms with E-state index in [1.165, 1.54) is 4.90 Å². The van der Waals surface area contributed by atoms with Crippen LogP contribution in [0.4, 0.5) is 8.78 Å². The van der Waals surface area contributed by atoms with Gasteiger partial charge in [0.25, 0.3) is 17.4 Å². The molecule has 0 spiro atoms. The molecule has 1 fully saturated rings. The summed E-state index contributed by atoms with van der Waals surface area (Å²) in [5.41, 5.74) is 3.28. The molecule has 1 aromatic heterocycles. The zero-order valence-electron chi connectivity index (χ0n) is 17.5. The minimum absolute atomic E-state index is 0.0628. The highest BCUT2D eigenvalue weighted by atomic mass is 19.3. The lowest BCUT2D eigenvalue weighted by Gasteiger charge is -2.31. The predicted molar refractivity (Wildman–Crippen MR) is 120 cm³/mol. The molecular formula is C25H21F2N3O2. The Kier molecular flexibility index (Phi) is 4.77. The summed E-state index contributed by atoms with van der Waals surface area (Å²) >= 11 is 0. The van der Waals surface area contributed by atoms with Gasteiger partial charge in [-0.2, -0.15) is 5.10 Å². The second-order valence-corrected chi connectivity index (χ2v) is 8.34. The largest absolute Gasteiger partial charge is 0.338 e. The van der Waals surface area contributed by atoms with Crippen molar-refractivity contribution in [3.63, 3.8) is 0 Å². The first kappa shape index (κ1) is 20.3. The number of nitrogens with zero attached hydrogens (tertiary/aromatic N) is 2. The summed E-state index contributed by atoms with van der Waals surface area (Å²) in [6.45, 7) is 2.14. The molecule has 4 aromatic rings. The molecule has 5 nitrogen and oxygen atoms in total. The van der Waals surface area contributed by atoms with Crippen molar-refractivity contribution in [3.05, 3.63) is 76.2 Å². The SMILES string of the molecule is Cc1ccc2cc(C(=O)N3CCC(F)(F)CC3)ccc2c1-c1ccc2c(=O)[nH]ncc2c1. The molecule has 0 unspecified atom stereocenters. The maximum atomic E-state index is 13.5. The number of nitrogens with one attached hydrogen (secondary N) is 1. The van der Waals surface area contributed by atoms with Gasteiger partial charge in [-0.25, -0.2) is 13.9 Å². The molecular weight excluding hydrogens is 412 g/mol. The Morgan fingerprint density at radius 2 is 1.75 bits per heavy atom. The van der Waals surface area contributed by atoms with E-state index in [0.717, 1.165) is 32.8 Å². The van der Waals surface area contributed by atoms with Crippen LogP contribution in [0.15, 0.2) is 59.5 Å². The van der Waals surface area contributed by atoms with E-state index >= 15 is 0 Å². The van der Waals surface area contributed by atoms with Crippen molar-refractivity contribution in [2.45, 2.75) is 25.7 Å². The van der Waals surface area contributed by atoms with E-state index in [2.05, 4.69) is 10.2 Å². The van der Waals surface area contributed by atoms with Crippen molar-refractivity contribution in [1.82, 2.24) is 15.1 Å². The van der Waals surface area contributed by atoms with E-state index in [9.17, 15) is 18.4 Å². The molecule has 0 aliphatic carbocycles. The number of alkyl halides is 2. The molecule has 0 radical (unpaired) electrons. The van der Waals surface area contributed by atoms with E-state index in [4.69, 9.17) is 0 Å². The highest BCUT2D eigenvalue weighted by molar-refractivity contribution is 6.04. The zero-order valence-corrected chi connectivity index (χ0v) is 17.5. The summed E-state index contributed by atoms with van der Waals surface area (Å²) in [6, 6.07) is 15.1. The standard InChI is InChI=1S/C25H21F2N3O2/c1-15-2-3-16-12-18(24(32)30-10-8-25(26,27)9-11-30)5-6-20(16)22(15)17-4-7-21-19(13-17)14-28-29-23(21)31/h2-7,12-14H,8-11H2,1H3,(H,29,31). The third-order valence-corrected chi connectivity index (χ3v) is 6.21. The van der Waals surface area contributed by atoms with E-state index in [1.54, 1.807) is 18.3 Å². The molecule has 3 aromatic carbocycles. The van der Waals surface area contributed by atoms with Crippen LogP contribution in [-0.2, 0) is 0 Å². The molecule has 1 amide bonds. The van der Waals surface area contributed by atoms with Gasteiger partial charge in [0.2, 0.25) is 0 Å². The number of halogens is 2. The van der Waals surface area contributed by atoms with Gasteiger partial charge in [-0.05, 0) is 58.7 Å². The van der Waals surface area contributed by atoms with Crippen LogP contribution in [0.2, 0.25) is 0 Å². The predicted octanol–water partition coefficient (Wildman–Crippen LogP) is 4.92. The first-order chi connectivity index (χ1) is 15.3. The third-order valence-electron chi connectivity index (χ3n) is 6.21. The summed E-state index contributed by atoms with van der Waals surface area (Å²) < 4.78 is 26.9. The topological polar surface area (TPSA) is 66.1 Å². The number of hydrogen-bond acceptors (Lipinski definition) is 3. The Morgan fingerprint density at radius 3 is 2.53 bits per heavy atom. The summed E-state index contributed by atoms with van der Waals surface area (Å²) in [7, 11) is 0. The van der Waals surface area contributed by atoms with Crippen LogP contribution in [0.3, 0.4) is 0 Å². The van der Waals surface area contributed by atoms with Crippen molar-refractivity contribution in [2.24, 2.45) is 0 Å². The van der Waals surface area contributed by atoms with Gasteiger partial charge in [0.05, 0.1) is 11.6 Å². The average Bonchev–Trinajstić information content (AvgIpc) is 2.78. The van der Waals surface area contributed by atoms with Gasteiger partial charge in [-0.15, -0.1) is 0 Å². The molecule has 0 bridgehead atoms. The van der Waals surface area contributed by atoms with Crippen molar-refractivity contribution in [3.8, 4) is 11.1 Å². The highest BCUT2D eigenvalue weighted by Gasteiger charge is 2.35. The summed E-state index contributed by atoms with van der Waals surface area (Å²) in [4.78, 5) is 26.4. The minimum atomic E-state index is -2.69. The van der Waals surface area contributed by atoms with Gasteiger partial charge < -0.3 is 4.90 Å². The quantitative estimate of drug-likeness (QED) is 0.488. The molecule has 2 heterocycles. The number of aromatic amines is 1. The van der Waals surface area contributed by atoms with Crippen LogP contribution in [0, 0.1) is 6.92 Å². The fourth-order valence-corrected chi connectivity index (χ4v) is 4.43.